The highest BCUT2D eigenvalue weighted by Gasteiger charge is 2.40. The summed E-state index contributed by atoms with van der Waals surface area (Å²) in [5.74, 6) is 0.712. The summed E-state index contributed by atoms with van der Waals surface area (Å²) in [5.41, 5.74) is 15.9. The Morgan fingerprint density at radius 3 is 1.70 bits per heavy atom. The summed E-state index contributed by atoms with van der Waals surface area (Å²) in [5, 5.41) is 5.11. The Bertz CT molecular complexity index is 3480. The molecule has 0 amide bonds. The molecule has 0 N–H and O–H groups in total. The first-order valence-corrected chi connectivity index (χ1v) is 21.7. The molecule has 61 heavy (non-hydrogen) atoms. The largest absolute Gasteiger partial charge is 0.228 e. The normalized spacial score (nSPS) is 14.4. The molecule has 0 radical (unpaired) electrons. The fraction of sp³-hybridized carbons (Fsp3) is 0.0345. The highest BCUT2D eigenvalue weighted by atomic mass is 32.1. The van der Waals surface area contributed by atoms with Crippen LogP contribution in [0, 0.1) is 0 Å². The van der Waals surface area contributed by atoms with E-state index in [4.69, 9.17) is 9.97 Å². The van der Waals surface area contributed by atoms with Crippen LogP contribution in [0.1, 0.15) is 23.6 Å². The molecule has 0 bridgehead atoms. The number of fused-ring (bicyclic) bond motifs is 7. The van der Waals surface area contributed by atoms with Crippen molar-refractivity contribution in [3.05, 3.63) is 229 Å². The van der Waals surface area contributed by atoms with Crippen LogP contribution < -0.4 is 0 Å². The van der Waals surface area contributed by atoms with E-state index in [0.717, 1.165) is 28.1 Å². The quantitative estimate of drug-likeness (QED) is 0.168. The van der Waals surface area contributed by atoms with Gasteiger partial charge in [-0.1, -0.05) is 170 Å². The first-order chi connectivity index (χ1) is 30.1. The maximum atomic E-state index is 5.23. The molecule has 1 aliphatic carbocycles. The van der Waals surface area contributed by atoms with E-state index in [1.807, 2.05) is 29.5 Å². The van der Waals surface area contributed by atoms with Crippen LogP contribution in [0.25, 0.3) is 98.2 Å². The third-order valence-corrected chi connectivity index (χ3v) is 13.9. The molecule has 0 spiro atoms. The van der Waals surface area contributed by atoms with Crippen LogP contribution in [0.2, 0.25) is 0 Å². The molecule has 1 atom stereocenters. The summed E-state index contributed by atoms with van der Waals surface area (Å²) in [6.07, 6.45) is 0. The SMILES string of the molecule is CC1(c2ccccc2)c2ccccc2-c2ccc(-c3cc(-c4ccc(-c5ccc6cc(-c7ccc8sc9ccccc9c8c7)ccc6c5)cc4)nc(-c4ccccc4)n3)cc21. The Hall–Kier alpha value is -7.46. The first-order valence-electron chi connectivity index (χ1n) is 20.9. The topological polar surface area (TPSA) is 25.8 Å². The lowest BCUT2D eigenvalue weighted by molar-refractivity contribution is 0.714. The van der Waals surface area contributed by atoms with Crippen LogP contribution in [0.5, 0.6) is 0 Å². The molecule has 11 aromatic rings. The zero-order valence-corrected chi connectivity index (χ0v) is 34.3. The number of benzene rings is 9. The Labute approximate surface area is 359 Å². The van der Waals surface area contributed by atoms with E-state index in [-0.39, 0.29) is 5.41 Å². The van der Waals surface area contributed by atoms with E-state index in [2.05, 4.69) is 201 Å². The lowest BCUT2D eigenvalue weighted by Crippen LogP contribution is -2.22. The van der Waals surface area contributed by atoms with Crippen molar-refractivity contribution in [2.45, 2.75) is 12.3 Å². The van der Waals surface area contributed by atoms with Gasteiger partial charge in [-0.3, -0.25) is 0 Å². The summed E-state index contributed by atoms with van der Waals surface area (Å²) in [6.45, 7) is 2.36. The van der Waals surface area contributed by atoms with E-state index in [1.54, 1.807) is 0 Å². The Balaban J connectivity index is 0.892. The van der Waals surface area contributed by atoms with Gasteiger partial charge in [0.05, 0.1) is 11.4 Å². The summed E-state index contributed by atoms with van der Waals surface area (Å²) in [4.78, 5) is 10.4. The standard InChI is InChI=1S/C58H38N2S/c1-58(46-14-6-3-7-15-46)51-18-10-8-16-47(51)48-30-28-45(35-52(48)58)54-36-53(59-57(60-54)39-12-4-2-5-13-39)38-22-20-37(21-23-38)40-24-25-42-33-43(27-26-41(42)32-40)44-29-31-56-50(34-44)49-17-9-11-19-55(49)61-56/h2-36H,1H3. The molecule has 2 nitrogen and oxygen atoms in total. The maximum absolute atomic E-state index is 5.23. The van der Waals surface area contributed by atoms with Crippen molar-refractivity contribution in [3.63, 3.8) is 0 Å². The van der Waals surface area contributed by atoms with Crippen LogP contribution in [-0.2, 0) is 5.41 Å². The zero-order valence-electron chi connectivity index (χ0n) is 33.5. The van der Waals surface area contributed by atoms with E-state index in [0.29, 0.717) is 5.82 Å². The molecular weight excluding hydrogens is 757 g/mol. The summed E-state index contributed by atoms with van der Waals surface area (Å²) >= 11 is 1.86. The molecule has 9 aromatic carbocycles. The summed E-state index contributed by atoms with van der Waals surface area (Å²) in [7, 11) is 0. The minimum Gasteiger partial charge on any atom is -0.228 e. The molecule has 286 valence electrons. The predicted octanol–water partition coefficient (Wildman–Crippen LogP) is 15.7. The monoisotopic (exact) mass is 794 g/mol. The number of hydrogen-bond acceptors (Lipinski definition) is 3. The van der Waals surface area contributed by atoms with E-state index >= 15 is 0 Å². The van der Waals surface area contributed by atoms with Gasteiger partial charge in [0.15, 0.2) is 5.82 Å². The van der Waals surface area contributed by atoms with Gasteiger partial charge in [0.25, 0.3) is 0 Å². The van der Waals surface area contributed by atoms with Crippen LogP contribution >= 0.6 is 11.3 Å². The number of nitrogens with zero attached hydrogens (tertiary/aromatic N) is 2. The Morgan fingerprint density at radius 2 is 0.918 bits per heavy atom. The fourth-order valence-electron chi connectivity index (χ4n) is 9.54. The lowest BCUT2D eigenvalue weighted by Gasteiger charge is -2.28. The van der Waals surface area contributed by atoms with Gasteiger partial charge in [0, 0.05) is 42.3 Å². The van der Waals surface area contributed by atoms with Crippen molar-refractivity contribution >= 4 is 42.3 Å². The number of hydrogen-bond donors (Lipinski definition) is 0. The van der Waals surface area contributed by atoms with Gasteiger partial charge in [0.2, 0.25) is 0 Å². The van der Waals surface area contributed by atoms with Gasteiger partial charge in [-0.25, -0.2) is 9.97 Å². The molecule has 0 saturated heterocycles. The number of rotatable bonds is 6. The van der Waals surface area contributed by atoms with Crippen molar-refractivity contribution in [3.8, 4) is 67.3 Å². The second-order valence-corrected chi connectivity index (χ2v) is 17.4. The van der Waals surface area contributed by atoms with Gasteiger partial charge in [0.1, 0.15) is 0 Å². The number of thiophene rings is 1. The maximum Gasteiger partial charge on any atom is 0.160 e. The average Bonchev–Trinajstić information content (AvgIpc) is 3.84. The lowest BCUT2D eigenvalue weighted by atomic mass is 9.74. The van der Waals surface area contributed by atoms with Crippen LogP contribution in [-0.4, -0.2) is 9.97 Å². The zero-order chi connectivity index (χ0) is 40.5. The van der Waals surface area contributed by atoms with Crippen molar-refractivity contribution in [2.75, 3.05) is 0 Å². The van der Waals surface area contributed by atoms with E-state index < -0.39 is 0 Å². The van der Waals surface area contributed by atoms with Crippen LogP contribution in [0.3, 0.4) is 0 Å². The third-order valence-electron chi connectivity index (χ3n) is 12.8. The minimum absolute atomic E-state index is 0.295. The van der Waals surface area contributed by atoms with Gasteiger partial charge >= 0.3 is 0 Å². The van der Waals surface area contributed by atoms with Gasteiger partial charge in [-0.15, -0.1) is 11.3 Å². The second-order valence-electron chi connectivity index (χ2n) is 16.3. The first kappa shape index (κ1) is 35.5. The predicted molar refractivity (Wildman–Crippen MR) is 257 cm³/mol. The molecule has 1 aliphatic rings. The van der Waals surface area contributed by atoms with Gasteiger partial charge in [-0.05, 0) is 110 Å². The van der Waals surface area contributed by atoms with Crippen molar-refractivity contribution in [1.82, 2.24) is 9.97 Å². The molecule has 2 heterocycles. The Kier molecular flexibility index (Phi) is 8.19. The van der Waals surface area contributed by atoms with Gasteiger partial charge < -0.3 is 0 Å². The van der Waals surface area contributed by atoms with Gasteiger partial charge in [-0.2, -0.15) is 0 Å². The molecule has 1 unspecified atom stereocenters. The molecule has 3 heteroatoms. The molecule has 0 saturated carbocycles. The molecule has 12 rings (SSSR count). The Morgan fingerprint density at radius 1 is 0.361 bits per heavy atom. The fourth-order valence-corrected chi connectivity index (χ4v) is 10.6. The molecular formula is C58H38N2S. The van der Waals surface area contributed by atoms with Crippen LogP contribution in [0.15, 0.2) is 212 Å². The molecule has 0 fully saturated rings. The minimum atomic E-state index is -0.295. The van der Waals surface area contributed by atoms with Crippen molar-refractivity contribution in [1.29, 1.82) is 0 Å². The third kappa shape index (κ3) is 5.92. The molecule has 0 aliphatic heterocycles. The average molecular weight is 795 g/mol. The highest BCUT2D eigenvalue weighted by Crippen LogP contribution is 2.53. The van der Waals surface area contributed by atoms with E-state index in [9.17, 15) is 0 Å². The van der Waals surface area contributed by atoms with Crippen LogP contribution in [0.4, 0.5) is 0 Å². The summed E-state index contributed by atoms with van der Waals surface area (Å²) < 4.78 is 2.66. The smallest absolute Gasteiger partial charge is 0.160 e. The highest BCUT2D eigenvalue weighted by molar-refractivity contribution is 7.25. The molecule has 2 aromatic heterocycles. The number of aromatic nitrogens is 2. The van der Waals surface area contributed by atoms with Crippen molar-refractivity contribution < 1.29 is 0 Å². The second kappa shape index (κ2) is 14.1. The summed E-state index contributed by atoms with van der Waals surface area (Å²) in [6, 6.07) is 77.1. The van der Waals surface area contributed by atoms with E-state index in [1.165, 1.54) is 81.0 Å². The van der Waals surface area contributed by atoms with Crippen molar-refractivity contribution in [2.24, 2.45) is 0 Å².